The van der Waals surface area contributed by atoms with Crippen molar-refractivity contribution >= 4 is 23.3 Å². The molecule has 2 unspecified atom stereocenters. The molecule has 0 radical (unpaired) electrons. The van der Waals surface area contributed by atoms with Gasteiger partial charge in [0.25, 0.3) is 0 Å². The molecule has 2 rings (SSSR count). The standard InChI is InChI=1S/C17H23N3O4/c1-3-24-17(23)14-11-15(16(22)18-10-9-12(2)21)20(19-14)13-7-5-4-6-8-13/h4-8,12,15,21H,3,9-11H2,1-2H3,(H,18,22). The first-order chi connectivity index (χ1) is 11.5. The first kappa shape index (κ1) is 17.9. The Labute approximate surface area is 141 Å². The fourth-order valence-corrected chi connectivity index (χ4v) is 2.39. The minimum atomic E-state index is -0.610. The number of amides is 1. The Morgan fingerprint density at radius 2 is 2.12 bits per heavy atom. The highest BCUT2D eigenvalue weighted by molar-refractivity contribution is 6.38. The number of nitrogens with zero attached hydrogens (tertiary/aromatic N) is 2. The SMILES string of the molecule is CCOC(=O)C1=NN(c2ccccc2)C(C(=O)NCCC(C)O)C1. The lowest BCUT2D eigenvalue weighted by atomic mass is 10.1. The number of hydrogen-bond donors (Lipinski definition) is 2. The van der Waals surface area contributed by atoms with E-state index in [1.54, 1.807) is 18.9 Å². The maximum absolute atomic E-state index is 12.5. The summed E-state index contributed by atoms with van der Waals surface area (Å²) < 4.78 is 4.99. The molecule has 0 aromatic heterocycles. The van der Waals surface area contributed by atoms with Crippen molar-refractivity contribution in [1.82, 2.24) is 5.32 Å². The number of aliphatic hydroxyl groups is 1. The quantitative estimate of drug-likeness (QED) is 0.729. The van der Waals surface area contributed by atoms with Crippen molar-refractivity contribution in [3.8, 4) is 0 Å². The molecular formula is C17H23N3O4. The van der Waals surface area contributed by atoms with E-state index in [9.17, 15) is 14.7 Å². The van der Waals surface area contributed by atoms with Crippen LogP contribution in [0.2, 0.25) is 0 Å². The van der Waals surface area contributed by atoms with Crippen LogP contribution in [0.1, 0.15) is 26.7 Å². The number of nitrogens with one attached hydrogen (secondary N) is 1. The molecule has 1 aliphatic heterocycles. The summed E-state index contributed by atoms with van der Waals surface area (Å²) in [4.78, 5) is 24.4. The maximum Gasteiger partial charge on any atom is 0.354 e. The second-order valence-electron chi connectivity index (χ2n) is 5.60. The van der Waals surface area contributed by atoms with Gasteiger partial charge < -0.3 is 15.2 Å². The van der Waals surface area contributed by atoms with Crippen LogP contribution in [0.15, 0.2) is 35.4 Å². The molecule has 1 aliphatic rings. The number of para-hydroxylation sites is 1. The first-order valence-corrected chi connectivity index (χ1v) is 8.07. The fourth-order valence-electron chi connectivity index (χ4n) is 2.39. The molecule has 7 nitrogen and oxygen atoms in total. The fraction of sp³-hybridized carbons (Fsp3) is 0.471. The molecule has 0 aliphatic carbocycles. The van der Waals surface area contributed by atoms with Gasteiger partial charge >= 0.3 is 5.97 Å². The van der Waals surface area contributed by atoms with E-state index >= 15 is 0 Å². The van der Waals surface area contributed by atoms with E-state index in [0.29, 0.717) is 13.0 Å². The summed E-state index contributed by atoms with van der Waals surface area (Å²) in [6.07, 6.45) is 0.175. The van der Waals surface area contributed by atoms with Gasteiger partial charge in [-0.1, -0.05) is 18.2 Å². The third kappa shape index (κ3) is 4.55. The highest BCUT2D eigenvalue weighted by Crippen LogP contribution is 2.25. The van der Waals surface area contributed by atoms with Crippen LogP contribution in [0.5, 0.6) is 0 Å². The molecule has 0 fully saturated rings. The predicted octanol–water partition coefficient (Wildman–Crippen LogP) is 1.07. The topological polar surface area (TPSA) is 91.2 Å². The molecule has 1 aromatic carbocycles. The summed E-state index contributed by atoms with van der Waals surface area (Å²) >= 11 is 0. The van der Waals surface area contributed by atoms with Crippen LogP contribution in [-0.4, -0.2) is 48.0 Å². The van der Waals surface area contributed by atoms with Gasteiger partial charge in [0.05, 0.1) is 18.4 Å². The molecule has 130 valence electrons. The number of ether oxygens (including phenoxy) is 1. The lowest BCUT2D eigenvalue weighted by Crippen LogP contribution is -2.43. The van der Waals surface area contributed by atoms with Crippen molar-refractivity contribution in [1.29, 1.82) is 0 Å². The van der Waals surface area contributed by atoms with Crippen molar-refractivity contribution in [2.24, 2.45) is 5.10 Å². The molecule has 1 aromatic rings. The van der Waals surface area contributed by atoms with Crippen molar-refractivity contribution in [2.45, 2.75) is 38.8 Å². The van der Waals surface area contributed by atoms with Gasteiger partial charge in [0.1, 0.15) is 11.8 Å². The molecule has 0 saturated heterocycles. The number of benzene rings is 1. The van der Waals surface area contributed by atoms with Gasteiger partial charge in [0.2, 0.25) is 5.91 Å². The van der Waals surface area contributed by atoms with Crippen molar-refractivity contribution < 1.29 is 19.4 Å². The number of anilines is 1. The lowest BCUT2D eigenvalue weighted by Gasteiger charge is -2.22. The summed E-state index contributed by atoms with van der Waals surface area (Å²) in [5.41, 5.74) is 0.962. The number of esters is 1. The molecule has 0 bridgehead atoms. The first-order valence-electron chi connectivity index (χ1n) is 8.07. The monoisotopic (exact) mass is 333 g/mol. The molecule has 0 saturated carbocycles. The van der Waals surface area contributed by atoms with E-state index in [1.807, 2.05) is 30.3 Å². The zero-order valence-electron chi connectivity index (χ0n) is 13.9. The van der Waals surface area contributed by atoms with E-state index < -0.39 is 18.1 Å². The molecule has 1 amide bonds. The van der Waals surface area contributed by atoms with Gasteiger partial charge in [-0.25, -0.2) is 4.79 Å². The summed E-state index contributed by atoms with van der Waals surface area (Å²) in [6, 6.07) is 8.60. The van der Waals surface area contributed by atoms with Gasteiger partial charge in [-0.05, 0) is 32.4 Å². The predicted molar refractivity (Wildman–Crippen MR) is 90.7 cm³/mol. The van der Waals surface area contributed by atoms with Gasteiger partial charge in [0.15, 0.2) is 0 Å². The number of carbonyl (C=O) groups is 2. The highest BCUT2D eigenvalue weighted by atomic mass is 16.5. The zero-order valence-corrected chi connectivity index (χ0v) is 13.9. The highest BCUT2D eigenvalue weighted by Gasteiger charge is 2.36. The van der Waals surface area contributed by atoms with E-state index in [-0.39, 0.29) is 24.6 Å². The third-order valence-electron chi connectivity index (χ3n) is 3.61. The average molecular weight is 333 g/mol. The average Bonchev–Trinajstić information content (AvgIpc) is 3.01. The van der Waals surface area contributed by atoms with Crippen LogP contribution in [0.25, 0.3) is 0 Å². The van der Waals surface area contributed by atoms with Gasteiger partial charge in [-0.15, -0.1) is 0 Å². The molecular weight excluding hydrogens is 310 g/mol. The number of carbonyl (C=O) groups excluding carboxylic acids is 2. The molecule has 7 heteroatoms. The second kappa shape index (κ2) is 8.44. The summed E-state index contributed by atoms with van der Waals surface area (Å²) in [6.45, 7) is 4.02. The number of hydrogen-bond acceptors (Lipinski definition) is 6. The Balaban J connectivity index is 2.13. The largest absolute Gasteiger partial charge is 0.461 e. The maximum atomic E-state index is 12.5. The second-order valence-corrected chi connectivity index (χ2v) is 5.60. The Kier molecular flexibility index (Phi) is 6.31. The summed E-state index contributed by atoms with van der Waals surface area (Å²) in [5.74, 6) is -0.736. The molecule has 2 atom stereocenters. The van der Waals surface area contributed by atoms with E-state index in [0.717, 1.165) is 5.69 Å². The minimum Gasteiger partial charge on any atom is -0.461 e. The Morgan fingerprint density at radius 3 is 2.75 bits per heavy atom. The van der Waals surface area contributed by atoms with Crippen molar-refractivity contribution in [3.63, 3.8) is 0 Å². The molecule has 24 heavy (non-hydrogen) atoms. The van der Waals surface area contributed by atoms with E-state index in [4.69, 9.17) is 4.74 Å². The zero-order chi connectivity index (χ0) is 17.5. The number of hydrazone groups is 1. The van der Waals surface area contributed by atoms with Crippen LogP contribution < -0.4 is 10.3 Å². The molecule has 2 N–H and O–H groups in total. The Hall–Kier alpha value is -2.41. The molecule has 1 heterocycles. The van der Waals surface area contributed by atoms with E-state index in [1.165, 1.54) is 0 Å². The van der Waals surface area contributed by atoms with Crippen LogP contribution in [-0.2, 0) is 14.3 Å². The number of rotatable bonds is 7. The lowest BCUT2D eigenvalue weighted by molar-refractivity contribution is -0.135. The van der Waals surface area contributed by atoms with Gasteiger partial charge in [-0.2, -0.15) is 5.10 Å². The smallest absolute Gasteiger partial charge is 0.354 e. The van der Waals surface area contributed by atoms with Crippen LogP contribution >= 0.6 is 0 Å². The number of aliphatic hydroxyl groups excluding tert-OH is 1. The van der Waals surface area contributed by atoms with E-state index in [2.05, 4.69) is 10.4 Å². The van der Waals surface area contributed by atoms with Crippen molar-refractivity contribution in [2.75, 3.05) is 18.2 Å². The van der Waals surface area contributed by atoms with Crippen molar-refractivity contribution in [3.05, 3.63) is 30.3 Å². The summed E-state index contributed by atoms with van der Waals surface area (Å²) in [7, 11) is 0. The Bertz CT molecular complexity index is 601. The normalized spacial score (nSPS) is 18.0. The van der Waals surface area contributed by atoms with Gasteiger partial charge in [0, 0.05) is 13.0 Å². The third-order valence-corrected chi connectivity index (χ3v) is 3.61. The molecule has 0 spiro atoms. The van der Waals surface area contributed by atoms with Gasteiger partial charge in [-0.3, -0.25) is 9.80 Å². The summed E-state index contributed by atoms with van der Waals surface area (Å²) in [5, 5.41) is 17.9. The Morgan fingerprint density at radius 1 is 1.42 bits per heavy atom. The van der Waals surface area contributed by atoms with Crippen LogP contribution in [0.3, 0.4) is 0 Å². The van der Waals surface area contributed by atoms with Crippen LogP contribution in [0, 0.1) is 0 Å². The van der Waals surface area contributed by atoms with Crippen LogP contribution in [0.4, 0.5) is 5.69 Å². The minimum absolute atomic E-state index is 0.189.